The van der Waals surface area contributed by atoms with E-state index in [0.29, 0.717) is 17.0 Å². The van der Waals surface area contributed by atoms with E-state index in [4.69, 9.17) is 0 Å². The minimum absolute atomic E-state index is 0.0293. The molecular weight excluding hydrogens is 380 g/mol. The number of benzene rings is 3. The summed E-state index contributed by atoms with van der Waals surface area (Å²) < 4.78 is 1.46. The zero-order valence-corrected chi connectivity index (χ0v) is 15.9. The van der Waals surface area contributed by atoms with Crippen LogP contribution in [0.25, 0.3) is 22.5 Å². The van der Waals surface area contributed by atoms with Crippen molar-refractivity contribution in [3.63, 3.8) is 0 Å². The fourth-order valence-electron chi connectivity index (χ4n) is 3.80. The SMILES string of the molecule is O=C(Cn1cnc(-c2cccc([N+](=O)[O-])c2)n1)c1ccc2c(c1)-c1ccccc1C2. The van der Waals surface area contributed by atoms with Gasteiger partial charge in [0, 0.05) is 23.3 Å². The molecule has 0 saturated heterocycles. The number of nitro benzene ring substituents is 1. The van der Waals surface area contributed by atoms with Crippen LogP contribution < -0.4 is 0 Å². The highest BCUT2D eigenvalue weighted by molar-refractivity contribution is 5.97. The number of nitro groups is 1. The molecule has 0 bridgehead atoms. The van der Waals surface area contributed by atoms with E-state index in [0.717, 1.165) is 12.0 Å². The Morgan fingerprint density at radius 1 is 1.00 bits per heavy atom. The average molecular weight is 396 g/mol. The van der Waals surface area contributed by atoms with Crippen LogP contribution in [0.1, 0.15) is 21.5 Å². The molecule has 0 spiro atoms. The molecule has 0 fully saturated rings. The molecule has 7 nitrogen and oxygen atoms in total. The van der Waals surface area contributed by atoms with Crippen molar-refractivity contribution < 1.29 is 9.72 Å². The molecule has 0 unspecified atom stereocenters. The third-order valence-electron chi connectivity index (χ3n) is 5.28. The molecule has 0 radical (unpaired) electrons. The molecule has 0 saturated carbocycles. The van der Waals surface area contributed by atoms with Gasteiger partial charge in [0.25, 0.3) is 5.69 Å². The van der Waals surface area contributed by atoms with Crippen LogP contribution in [0.2, 0.25) is 0 Å². The lowest BCUT2D eigenvalue weighted by atomic mass is 10.0. The molecule has 0 aliphatic heterocycles. The van der Waals surface area contributed by atoms with Crippen LogP contribution >= 0.6 is 0 Å². The number of Topliss-reactive ketones (excluding diaryl/α,β-unsaturated/α-hetero) is 1. The summed E-state index contributed by atoms with van der Waals surface area (Å²) in [5.74, 6) is 0.270. The van der Waals surface area contributed by atoms with Gasteiger partial charge in [-0.15, -0.1) is 0 Å². The van der Waals surface area contributed by atoms with E-state index in [2.05, 4.69) is 22.2 Å². The standard InChI is InChI=1S/C23H16N4O3/c28-22(17-9-8-16-10-15-4-1-2-7-20(15)21(16)12-17)13-26-14-24-23(25-26)18-5-3-6-19(11-18)27(29)30/h1-9,11-12,14H,10,13H2. The predicted molar refractivity (Wildman–Crippen MR) is 111 cm³/mol. The van der Waals surface area contributed by atoms with Crippen molar-refractivity contribution in [2.45, 2.75) is 13.0 Å². The summed E-state index contributed by atoms with van der Waals surface area (Å²) in [6.45, 7) is 0.0440. The Balaban J connectivity index is 1.38. The van der Waals surface area contributed by atoms with Gasteiger partial charge in [0.15, 0.2) is 11.6 Å². The molecule has 0 atom stereocenters. The molecule has 1 heterocycles. The van der Waals surface area contributed by atoms with Crippen LogP contribution in [0.4, 0.5) is 5.69 Å². The molecule has 1 aliphatic carbocycles. The van der Waals surface area contributed by atoms with Gasteiger partial charge < -0.3 is 0 Å². The minimum Gasteiger partial charge on any atom is -0.292 e. The van der Waals surface area contributed by atoms with E-state index in [1.165, 1.54) is 39.8 Å². The van der Waals surface area contributed by atoms with Crippen LogP contribution in [-0.2, 0) is 13.0 Å². The van der Waals surface area contributed by atoms with Crippen LogP contribution in [-0.4, -0.2) is 25.5 Å². The smallest absolute Gasteiger partial charge is 0.270 e. The van der Waals surface area contributed by atoms with Gasteiger partial charge in [-0.25, -0.2) is 9.67 Å². The Hall–Kier alpha value is -4.13. The van der Waals surface area contributed by atoms with Crippen molar-refractivity contribution in [2.75, 3.05) is 0 Å². The van der Waals surface area contributed by atoms with E-state index in [1.807, 2.05) is 30.3 Å². The number of rotatable bonds is 5. The lowest BCUT2D eigenvalue weighted by Gasteiger charge is -2.05. The molecule has 1 aromatic heterocycles. The molecule has 5 rings (SSSR count). The summed E-state index contributed by atoms with van der Waals surface area (Å²) in [6.07, 6.45) is 2.35. The van der Waals surface area contributed by atoms with Gasteiger partial charge in [0.1, 0.15) is 12.9 Å². The first kappa shape index (κ1) is 17.9. The zero-order valence-electron chi connectivity index (χ0n) is 15.9. The normalized spacial score (nSPS) is 11.7. The largest absolute Gasteiger partial charge is 0.292 e. The summed E-state index contributed by atoms with van der Waals surface area (Å²) in [5, 5.41) is 15.3. The van der Waals surface area contributed by atoms with Crippen molar-refractivity contribution in [3.8, 4) is 22.5 Å². The second-order valence-corrected chi connectivity index (χ2v) is 7.20. The van der Waals surface area contributed by atoms with Crippen LogP contribution in [0.3, 0.4) is 0 Å². The average Bonchev–Trinajstić information content (AvgIpc) is 3.38. The van der Waals surface area contributed by atoms with E-state index in [-0.39, 0.29) is 18.0 Å². The Bertz CT molecular complexity index is 1310. The number of fused-ring (bicyclic) bond motifs is 3. The molecule has 146 valence electrons. The second kappa shape index (κ2) is 7.04. The van der Waals surface area contributed by atoms with Crippen LogP contribution in [0, 0.1) is 10.1 Å². The molecular formula is C23H16N4O3. The predicted octanol–water partition coefficient (Wildman–Crippen LogP) is 4.31. The highest BCUT2D eigenvalue weighted by Gasteiger charge is 2.20. The number of ketones is 1. The van der Waals surface area contributed by atoms with Gasteiger partial charge in [-0.3, -0.25) is 14.9 Å². The first-order chi connectivity index (χ1) is 14.6. The lowest BCUT2D eigenvalue weighted by Crippen LogP contribution is -2.11. The highest BCUT2D eigenvalue weighted by atomic mass is 16.6. The molecule has 0 N–H and O–H groups in total. The lowest BCUT2D eigenvalue weighted by molar-refractivity contribution is -0.384. The highest BCUT2D eigenvalue weighted by Crippen LogP contribution is 2.36. The summed E-state index contributed by atoms with van der Waals surface area (Å²) in [6, 6.07) is 20.2. The van der Waals surface area contributed by atoms with Gasteiger partial charge in [-0.05, 0) is 34.7 Å². The molecule has 4 aromatic rings. The summed E-state index contributed by atoms with van der Waals surface area (Å²) in [5.41, 5.74) is 5.90. The number of non-ortho nitro benzene ring substituents is 1. The maximum atomic E-state index is 12.8. The number of carbonyl (C=O) groups is 1. The molecule has 3 aromatic carbocycles. The van der Waals surface area contributed by atoms with Gasteiger partial charge >= 0.3 is 0 Å². The number of hydrogen-bond acceptors (Lipinski definition) is 5. The van der Waals surface area contributed by atoms with E-state index in [9.17, 15) is 14.9 Å². The number of hydrogen-bond donors (Lipinski definition) is 0. The van der Waals surface area contributed by atoms with Crippen molar-refractivity contribution in [1.82, 2.24) is 14.8 Å². The monoisotopic (exact) mass is 396 g/mol. The molecule has 30 heavy (non-hydrogen) atoms. The summed E-state index contributed by atoms with van der Waals surface area (Å²) >= 11 is 0. The molecule has 0 amide bonds. The van der Waals surface area contributed by atoms with E-state index in [1.54, 1.807) is 12.1 Å². The van der Waals surface area contributed by atoms with Crippen molar-refractivity contribution in [2.24, 2.45) is 0 Å². The Morgan fingerprint density at radius 2 is 1.83 bits per heavy atom. The molecule has 7 heteroatoms. The first-order valence-electron chi connectivity index (χ1n) is 9.47. The Kier molecular flexibility index (Phi) is 4.21. The summed E-state index contributed by atoms with van der Waals surface area (Å²) in [7, 11) is 0. The minimum atomic E-state index is -0.462. The van der Waals surface area contributed by atoms with Crippen LogP contribution in [0.5, 0.6) is 0 Å². The van der Waals surface area contributed by atoms with Gasteiger partial charge in [0.05, 0.1) is 4.92 Å². The quantitative estimate of drug-likeness (QED) is 0.251. The maximum absolute atomic E-state index is 12.8. The van der Waals surface area contributed by atoms with Crippen molar-refractivity contribution in [1.29, 1.82) is 0 Å². The van der Waals surface area contributed by atoms with Gasteiger partial charge in [-0.2, -0.15) is 5.10 Å². The third-order valence-corrected chi connectivity index (χ3v) is 5.28. The zero-order chi connectivity index (χ0) is 20.7. The van der Waals surface area contributed by atoms with Gasteiger partial charge in [0.2, 0.25) is 0 Å². The van der Waals surface area contributed by atoms with Crippen LogP contribution in [0.15, 0.2) is 73.1 Å². The van der Waals surface area contributed by atoms with Crippen molar-refractivity contribution >= 4 is 11.5 Å². The van der Waals surface area contributed by atoms with Crippen molar-refractivity contribution in [3.05, 3.63) is 99.9 Å². The molecule has 1 aliphatic rings. The Morgan fingerprint density at radius 3 is 2.70 bits per heavy atom. The van der Waals surface area contributed by atoms with E-state index < -0.39 is 4.92 Å². The third kappa shape index (κ3) is 3.16. The number of aromatic nitrogens is 3. The topological polar surface area (TPSA) is 90.9 Å². The number of nitrogens with zero attached hydrogens (tertiary/aromatic N) is 4. The summed E-state index contributed by atoms with van der Waals surface area (Å²) in [4.78, 5) is 27.5. The number of carbonyl (C=O) groups excluding carboxylic acids is 1. The van der Waals surface area contributed by atoms with Gasteiger partial charge in [-0.1, -0.05) is 48.5 Å². The first-order valence-corrected chi connectivity index (χ1v) is 9.47. The fourth-order valence-corrected chi connectivity index (χ4v) is 3.80. The Labute approximate surface area is 171 Å². The van der Waals surface area contributed by atoms with E-state index >= 15 is 0 Å². The maximum Gasteiger partial charge on any atom is 0.270 e. The fraction of sp³-hybridized carbons (Fsp3) is 0.0870. The second-order valence-electron chi connectivity index (χ2n) is 7.20.